The van der Waals surface area contributed by atoms with Crippen molar-refractivity contribution in [1.29, 1.82) is 0 Å². The van der Waals surface area contributed by atoms with Crippen LogP contribution in [0.5, 0.6) is 0 Å². The summed E-state index contributed by atoms with van der Waals surface area (Å²) in [6.07, 6.45) is 0. The van der Waals surface area contributed by atoms with Crippen LogP contribution in [0.3, 0.4) is 0 Å². The Balaban J connectivity index is 2.24. The maximum absolute atomic E-state index is 13.4. The first-order valence-electron chi connectivity index (χ1n) is 6.46. The van der Waals surface area contributed by atoms with Crippen LogP contribution in [0.2, 0.25) is 0 Å². The van der Waals surface area contributed by atoms with Crippen LogP contribution in [0.1, 0.15) is 18.1 Å². The molecular formula is C16H19FN2. The summed E-state index contributed by atoms with van der Waals surface area (Å²) in [6, 6.07) is 13.3. The summed E-state index contributed by atoms with van der Waals surface area (Å²) < 4.78 is 13.4. The first-order valence-corrected chi connectivity index (χ1v) is 6.46. The van der Waals surface area contributed by atoms with Crippen LogP contribution in [0.15, 0.2) is 42.5 Å². The van der Waals surface area contributed by atoms with E-state index < -0.39 is 0 Å². The molecule has 2 nitrogen and oxygen atoms in total. The molecule has 0 amide bonds. The lowest BCUT2D eigenvalue weighted by Gasteiger charge is -2.24. The van der Waals surface area contributed by atoms with Gasteiger partial charge in [-0.2, -0.15) is 0 Å². The van der Waals surface area contributed by atoms with Gasteiger partial charge in [-0.05, 0) is 37.6 Å². The molecule has 19 heavy (non-hydrogen) atoms. The topological polar surface area (TPSA) is 29.3 Å². The molecule has 0 aliphatic carbocycles. The van der Waals surface area contributed by atoms with Crippen molar-refractivity contribution < 1.29 is 4.39 Å². The Morgan fingerprint density at radius 1 is 1.11 bits per heavy atom. The van der Waals surface area contributed by atoms with E-state index >= 15 is 0 Å². The third-order valence-electron chi connectivity index (χ3n) is 3.29. The molecule has 100 valence electrons. The third-order valence-corrected chi connectivity index (χ3v) is 3.29. The smallest absolute Gasteiger partial charge is 0.146 e. The first kappa shape index (κ1) is 13.4. The van der Waals surface area contributed by atoms with Crippen LogP contribution in [0, 0.1) is 12.7 Å². The molecule has 0 aliphatic heterocycles. The van der Waals surface area contributed by atoms with Gasteiger partial charge >= 0.3 is 0 Å². The van der Waals surface area contributed by atoms with Crippen molar-refractivity contribution in [2.75, 3.05) is 17.2 Å². The predicted octanol–water partition coefficient (Wildman–Crippen LogP) is 3.74. The average molecular weight is 258 g/mol. The number of benzene rings is 2. The van der Waals surface area contributed by atoms with Crippen molar-refractivity contribution in [2.45, 2.75) is 20.4 Å². The molecule has 0 saturated heterocycles. The van der Waals surface area contributed by atoms with Crippen LogP contribution in [-0.4, -0.2) is 6.54 Å². The number of nitrogen functional groups attached to an aromatic ring is 1. The molecule has 0 bridgehead atoms. The van der Waals surface area contributed by atoms with Crippen LogP contribution in [0.4, 0.5) is 15.8 Å². The molecule has 2 rings (SSSR count). The number of rotatable bonds is 4. The zero-order chi connectivity index (χ0) is 13.8. The van der Waals surface area contributed by atoms with E-state index in [1.165, 1.54) is 11.6 Å². The number of hydrogen-bond donors (Lipinski definition) is 1. The number of para-hydroxylation sites is 1. The summed E-state index contributed by atoms with van der Waals surface area (Å²) in [5.74, 6) is -0.350. The molecule has 0 aliphatic rings. The van der Waals surface area contributed by atoms with Crippen molar-refractivity contribution in [3.63, 3.8) is 0 Å². The Hall–Kier alpha value is -2.03. The molecule has 2 aromatic rings. The molecule has 2 N–H and O–H groups in total. The number of nitrogens with zero attached hydrogens (tertiary/aromatic N) is 1. The lowest BCUT2D eigenvalue weighted by molar-refractivity contribution is 0.630. The molecule has 2 aromatic carbocycles. The van der Waals surface area contributed by atoms with E-state index in [1.54, 1.807) is 6.07 Å². The lowest BCUT2D eigenvalue weighted by atomic mass is 10.1. The molecule has 0 aromatic heterocycles. The fourth-order valence-electron chi connectivity index (χ4n) is 2.07. The van der Waals surface area contributed by atoms with Gasteiger partial charge in [0.1, 0.15) is 5.82 Å². The fraction of sp³-hybridized carbons (Fsp3) is 0.250. The monoisotopic (exact) mass is 258 g/mol. The Bertz CT molecular complexity index is 549. The summed E-state index contributed by atoms with van der Waals surface area (Å²) in [4.78, 5) is 2.17. The second-order valence-electron chi connectivity index (χ2n) is 4.66. The van der Waals surface area contributed by atoms with Crippen molar-refractivity contribution >= 4 is 11.4 Å². The molecular weight excluding hydrogens is 239 g/mol. The highest BCUT2D eigenvalue weighted by atomic mass is 19.1. The van der Waals surface area contributed by atoms with Gasteiger partial charge in [0, 0.05) is 18.8 Å². The summed E-state index contributed by atoms with van der Waals surface area (Å²) in [6.45, 7) is 5.60. The van der Waals surface area contributed by atoms with Crippen LogP contribution in [0.25, 0.3) is 0 Å². The van der Waals surface area contributed by atoms with Gasteiger partial charge in [0.25, 0.3) is 0 Å². The lowest BCUT2D eigenvalue weighted by Crippen LogP contribution is -2.22. The van der Waals surface area contributed by atoms with E-state index in [0.717, 1.165) is 17.8 Å². The maximum atomic E-state index is 13.4. The van der Waals surface area contributed by atoms with Crippen LogP contribution < -0.4 is 10.6 Å². The standard InChI is InChI=1S/C16H19FN2/c1-3-19(14-9-7-12(2)8-10-14)11-13-5-4-6-15(17)16(13)18/h4-10H,3,11,18H2,1-2H3. The molecule has 0 spiro atoms. The van der Waals surface area contributed by atoms with Crippen LogP contribution in [-0.2, 0) is 6.54 Å². The third kappa shape index (κ3) is 3.05. The molecule has 0 atom stereocenters. The summed E-state index contributed by atoms with van der Waals surface area (Å²) in [5.41, 5.74) is 9.20. The van der Waals surface area contributed by atoms with E-state index in [1.807, 2.05) is 6.07 Å². The maximum Gasteiger partial charge on any atom is 0.146 e. The van der Waals surface area contributed by atoms with E-state index in [9.17, 15) is 4.39 Å². The number of nitrogens with two attached hydrogens (primary N) is 1. The number of halogens is 1. The normalized spacial score (nSPS) is 10.5. The van der Waals surface area contributed by atoms with Crippen molar-refractivity contribution in [3.05, 3.63) is 59.4 Å². The summed E-state index contributed by atoms with van der Waals surface area (Å²) in [7, 11) is 0. The van der Waals surface area contributed by atoms with Gasteiger partial charge in [-0.3, -0.25) is 0 Å². The van der Waals surface area contributed by atoms with Gasteiger partial charge in [0.2, 0.25) is 0 Å². The molecule has 0 heterocycles. The Labute approximate surface area is 113 Å². The highest BCUT2D eigenvalue weighted by Gasteiger charge is 2.09. The quantitative estimate of drug-likeness (QED) is 0.846. The van der Waals surface area contributed by atoms with Gasteiger partial charge in [0.05, 0.1) is 5.69 Å². The molecule has 0 fully saturated rings. The predicted molar refractivity (Wildman–Crippen MR) is 78.7 cm³/mol. The Morgan fingerprint density at radius 2 is 1.79 bits per heavy atom. The minimum absolute atomic E-state index is 0.244. The van der Waals surface area contributed by atoms with Gasteiger partial charge in [-0.1, -0.05) is 29.8 Å². The average Bonchev–Trinajstić information content (AvgIpc) is 2.42. The van der Waals surface area contributed by atoms with Crippen molar-refractivity contribution in [2.24, 2.45) is 0 Å². The highest BCUT2D eigenvalue weighted by molar-refractivity contribution is 5.53. The minimum atomic E-state index is -0.350. The van der Waals surface area contributed by atoms with E-state index in [4.69, 9.17) is 5.73 Å². The molecule has 0 radical (unpaired) electrons. The first-order chi connectivity index (χ1) is 9.11. The van der Waals surface area contributed by atoms with E-state index in [2.05, 4.69) is 43.0 Å². The second-order valence-corrected chi connectivity index (χ2v) is 4.66. The molecule has 0 unspecified atom stereocenters. The number of anilines is 2. The number of hydrogen-bond acceptors (Lipinski definition) is 2. The second kappa shape index (κ2) is 5.74. The van der Waals surface area contributed by atoms with Crippen molar-refractivity contribution in [1.82, 2.24) is 0 Å². The molecule has 3 heteroatoms. The van der Waals surface area contributed by atoms with Gasteiger partial charge in [-0.15, -0.1) is 0 Å². The zero-order valence-corrected chi connectivity index (χ0v) is 11.4. The minimum Gasteiger partial charge on any atom is -0.396 e. The SMILES string of the molecule is CCN(Cc1cccc(F)c1N)c1ccc(C)cc1. The van der Waals surface area contributed by atoms with Gasteiger partial charge < -0.3 is 10.6 Å². The Kier molecular flexibility index (Phi) is 4.05. The van der Waals surface area contributed by atoms with Gasteiger partial charge in [-0.25, -0.2) is 4.39 Å². The van der Waals surface area contributed by atoms with E-state index in [0.29, 0.717) is 6.54 Å². The van der Waals surface area contributed by atoms with Gasteiger partial charge in [0.15, 0.2) is 0 Å². The highest BCUT2D eigenvalue weighted by Crippen LogP contribution is 2.22. The zero-order valence-electron chi connectivity index (χ0n) is 11.4. The fourth-order valence-corrected chi connectivity index (χ4v) is 2.07. The van der Waals surface area contributed by atoms with E-state index in [-0.39, 0.29) is 11.5 Å². The summed E-state index contributed by atoms with van der Waals surface area (Å²) in [5, 5.41) is 0. The van der Waals surface area contributed by atoms with Crippen LogP contribution >= 0.6 is 0 Å². The largest absolute Gasteiger partial charge is 0.396 e. The molecule has 0 saturated carbocycles. The number of aryl methyl sites for hydroxylation is 1. The Morgan fingerprint density at radius 3 is 2.42 bits per heavy atom. The van der Waals surface area contributed by atoms with Crippen molar-refractivity contribution in [3.8, 4) is 0 Å². The summed E-state index contributed by atoms with van der Waals surface area (Å²) >= 11 is 0.